The molecule has 0 aliphatic heterocycles. The number of aliphatic hydroxyl groups excluding tert-OH is 2. The number of carbonyl (C=O) groups is 2. The number of rotatable bonds is 67. The molecule has 3 N–H and O–H groups in total. The molecule has 0 bridgehead atoms. The van der Waals surface area contributed by atoms with Crippen molar-refractivity contribution < 1.29 is 24.5 Å². The van der Waals surface area contributed by atoms with Crippen molar-refractivity contribution in [3.63, 3.8) is 0 Å². The molecule has 0 aromatic rings. The molecule has 2 atom stereocenters. The first kappa shape index (κ1) is 75.6. The molecular weight excluding hydrogens is 947 g/mol. The minimum atomic E-state index is -0.840. The molecule has 1 amide bonds. The third-order valence-electron chi connectivity index (χ3n) is 16.8. The molecule has 0 aliphatic carbocycles. The van der Waals surface area contributed by atoms with Gasteiger partial charge in [-0.1, -0.05) is 373 Å². The average Bonchev–Trinajstić information content (AvgIpc) is 3.43. The number of hydrogen-bond donors (Lipinski definition) is 3. The highest BCUT2D eigenvalue weighted by atomic mass is 16.5. The lowest BCUT2D eigenvalue weighted by molar-refractivity contribution is -0.143. The van der Waals surface area contributed by atoms with E-state index in [1.54, 1.807) is 6.08 Å². The molecule has 0 saturated heterocycles. The molecule has 0 aromatic heterocycles. The van der Waals surface area contributed by atoms with Crippen LogP contribution >= 0.6 is 0 Å². The molecule has 0 fully saturated rings. The van der Waals surface area contributed by atoms with E-state index < -0.39 is 12.1 Å². The molecule has 2 unspecified atom stereocenters. The van der Waals surface area contributed by atoms with Crippen LogP contribution in [0.15, 0.2) is 12.2 Å². The highest BCUT2D eigenvalue weighted by molar-refractivity contribution is 5.76. The van der Waals surface area contributed by atoms with Gasteiger partial charge in [-0.15, -0.1) is 0 Å². The molecule has 0 rings (SSSR count). The molecule has 0 heterocycles. The molecule has 0 aliphatic rings. The lowest BCUT2D eigenvalue weighted by Gasteiger charge is -2.20. The minimum absolute atomic E-state index is 0.0240. The summed E-state index contributed by atoms with van der Waals surface area (Å²) >= 11 is 0. The normalized spacial score (nSPS) is 12.5. The Labute approximate surface area is 482 Å². The molecule has 458 valence electrons. The van der Waals surface area contributed by atoms with E-state index in [1.165, 1.54) is 340 Å². The summed E-state index contributed by atoms with van der Waals surface area (Å²) in [5.74, 6) is -0.0369. The minimum Gasteiger partial charge on any atom is -0.466 e. The van der Waals surface area contributed by atoms with Crippen LogP contribution in [0, 0.1) is 0 Å². The summed E-state index contributed by atoms with van der Waals surface area (Å²) < 4.78 is 5.50. The summed E-state index contributed by atoms with van der Waals surface area (Å²) in [6.45, 7) is 4.94. The van der Waals surface area contributed by atoms with Crippen LogP contribution in [0.3, 0.4) is 0 Å². The van der Waals surface area contributed by atoms with E-state index in [1.807, 2.05) is 6.08 Å². The van der Waals surface area contributed by atoms with Gasteiger partial charge in [0.15, 0.2) is 0 Å². The molecule has 0 aromatic carbocycles. The molecular formula is C71H139NO5. The van der Waals surface area contributed by atoms with Crippen LogP contribution < -0.4 is 5.32 Å². The number of ether oxygens (including phenoxy) is 1. The van der Waals surface area contributed by atoms with Crippen LogP contribution in [-0.2, 0) is 14.3 Å². The molecule has 6 heteroatoms. The van der Waals surface area contributed by atoms with Gasteiger partial charge in [-0.05, 0) is 32.1 Å². The monoisotopic (exact) mass is 1090 g/mol. The van der Waals surface area contributed by atoms with Gasteiger partial charge in [-0.25, -0.2) is 0 Å². The van der Waals surface area contributed by atoms with Crippen LogP contribution in [0.1, 0.15) is 406 Å². The highest BCUT2D eigenvalue weighted by Gasteiger charge is 2.18. The van der Waals surface area contributed by atoms with Crippen molar-refractivity contribution in [1.82, 2.24) is 5.32 Å². The molecule has 77 heavy (non-hydrogen) atoms. The van der Waals surface area contributed by atoms with Crippen molar-refractivity contribution >= 4 is 11.9 Å². The maximum atomic E-state index is 12.5. The quantitative estimate of drug-likeness (QED) is 0.0320. The third-order valence-corrected chi connectivity index (χ3v) is 16.8. The van der Waals surface area contributed by atoms with E-state index in [0.717, 1.165) is 38.5 Å². The average molecular weight is 1090 g/mol. The topological polar surface area (TPSA) is 95.9 Å². The second kappa shape index (κ2) is 67.1. The summed E-state index contributed by atoms with van der Waals surface area (Å²) in [6.07, 6.45) is 83.0. The Bertz CT molecular complexity index is 1160. The van der Waals surface area contributed by atoms with Gasteiger partial charge in [0.05, 0.1) is 25.4 Å². The van der Waals surface area contributed by atoms with Crippen LogP contribution in [-0.4, -0.2) is 47.4 Å². The van der Waals surface area contributed by atoms with Crippen molar-refractivity contribution in [2.45, 2.75) is 418 Å². The summed E-state index contributed by atoms with van der Waals surface area (Å²) in [4.78, 5) is 24.5. The molecule has 6 nitrogen and oxygen atoms in total. The van der Waals surface area contributed by atoms with Gasteiger partial charge in [0.25, 0.3) is 0 Å². The number of nitrogens with one attached hydrogen (secondary N) is 1. The second-order valence-corrected chi connectivity index (χ2v) is 24.6. The van der Waals surface area contributed by atoms with Crippen molar-refractivity contribution in [3.8, 4) is 0 Å². The van der Waals surface area contributed by atoms with Crippen molar-refractivity contribution in [2.24, 2.45) is 0 Å². The maximum Gasteiger partial charge on any atom is 0.305 e. The predicted molar refractivity (Wildman–Crippen MR) is 338 cm³/mol. The smallest absolute Gasteiger partial charge is 0.305 e. The Balaban J connectivity index is 3.31. The Kier molecular flexibility index (Phi) is 65.9. The zero-order chi connectivity index (χ0) is 55.7. The van der Waals surface area contributed by atoms with Crippen molar-refractivity contribution in [3.05, 3.63) is 12.2 Å². The van der Waals surface area contributed by atoms with Gasteiger partial charge in [0.2, 0.25) is 5.91 Å². The van der Waals surface area contributed by atoms with E-state index in [4.69, 9.17) is 4.74 Å². The van der Waals surface area contributed by atoms with E-state index >= 15 is 0 Å². The number of amides is 1. The molecule has 0 spiro atoms. The first-order valence-electron chi connectivity index (χ1n) is 35.5. The number of carbonyl (C=O) groups excluding carboxylic acids is 2. The van der Waals surface area contributed by atoms with Gasteiger partial charge in [0.1, 0.15) is 0 Å². The van der Waals surface area contributed by atoms with Crippen LogP contribution in [0.4, 0.5) is 0 Å². The van der Waals surface area contributed by atoms with Gasteiger partial charge in [0, 0.05) is 12.8 Å². The first-order chi connectivity index (χ1) is 38.0. The highest BCUT2D eigenvalue weighted by Crippen LogP contribution is 2.19. The summed E-state index contributed by atoms with van der Waals surface area (Å²) in [6, 6.07) is -0.623. The van der Waals surface area contributed by atoms with Gasteiger partial charge in [-0.2, -0.15) is 0 Å². The van der Waals surface area contributed by atoms with Gasteiger partial charge < -0.3 is 20.3 Å². The molecule has 0 radical (unpaired) electrons. The fraction of sp³-hybridized carbons (Fsp3) is 0.944. The van der Waals surface area contributed by atoms with E-state index in [9.17, 15) is 19.8 Å². The Morgan fingerprint density at radius 3 is 0.883 bits per heavy atom. The summed E-state index contributed by atoms with van der Waals surface area (Å²) in [7, 11) is 0. The Hall–Kier alpha value is -1.40. The molecule has 0 saturated carbocycles. The third kappa shape index (κ3) is 63.6. The van der Waals surface area contributed by atoms with Gasteiger partial charge >= 0.3 is 5.97 Å². The number of allylic oxidation sites excluding steroid dienone is 1. The van der Waals surface area contributed by atoms with E-state index in [2.05, 4.69) is 19.2 Å². The van der Waals surface area contributed by atoms with Crippen LogP contribution in [0.5, 0.6) is 0 Å². The number of hydrogen-bond acceptors (Lipinski definition) is 5. The summed E-state index contributed by atoms with van der Waals surface area (Å²) in [5.41, 5.74) is 0. The zero-order valence-electron chi connectivity index (χ0n) is 52.5. The van der Waals surface area contributed by atoms with Crippen molar-refractivity contribution in [2.75, 3.05) is 13.2 Å². The largest absolute Gasteiger partial charge is 0.466 e. The number of esters is 1. The lowest BCUT2D eigenvalue weighted by atomic mass is 10.0. The van der Waals surface area contributed by atoms with Crippen molar-refractivity contribution in [1.29, 1.82) is 0 Å². The second-order valence-electron chi connectivity index (χ2n) is 24.6. The fourth-order valence-electron chi connectivity index (χ4n) is 11.4. The predicted octanol–water partition coefficient (Wildman–Crippen LogP) is 22.8. The van der Waals surface area contributed by atoms with Crippen LogP contribution in [0.25, 0.3) is 0 Å². The fourth-order valence-corrected chi connectivity index (χ4v) is 11.4. The Morgan fingerprint density at radius 2 is 0.597 bits per heavy atom. The summed E-state index contributed by atoms with van der Waals surface area (Å²) in [5, 5.41) is 23.1. The lowest BCUT2D eigenvalue weighted by Crippen LogP contribution is -2.45. The Morgan fingerprint density at radius 1 is 0.351 bits per heavy atom. The zero-order valence-corrected chi connectivity index (χ0v) is 52.5. The SMILES string of the molecule is CCCCCCCCCCCCCC/C=C/C(O)C(CO)NC(=O)CCCCCCCCCCCCCCCCCCCCCCCCCCCCCCCCCCOC(=O)CCCCCCCCCCCCCCCC. The van der Waals surface area contributed by atoms with E-state index in [0.29, 0.717) is 19.4 Å². The van der Waals surface area contributed by atoms with Crippen LogP contribution in [0.2, 0.25) is 0 Å². The van der Waals surface area contributed by atoms with E-state index in [-0.39, 0.29) is 18.5 Å². The maximum absolute atomic E-state index is 12.5. The van der Waals surface area contributed by atoms with Gasteiger partial charge in [-0.3, -0.25) is 9.59 Å². The number of unbranched alkanes of at least 4 members (excludes halogenated alkanes) is 56. The number of aliphatic hydroxyl groups is 2. The first-order valence-corrected chi connectivity index (χ1v) is 35.5. The standard InChI is InChI=1S/C71H139NO5/c1-3-5-7-9-11-13-15-17-39-43-47-51-55-59-63-69(74)68(67-73)72-70(75)64-60-56-52-48-44-40-37-35-33-31-29-27-25-23-21-19-20-22-24-26-28-30-32-34-36-38-42-46-50-54-58-62-66-77-71(76)65-61-57-53-49-45-41-18-16-14-12-10-8-6-4-2/h59,63,68-69,73-74H,3-58,60-62,64-67H2,1-2H3,(H,72,75)/b63-59+.